The van der Waals surface area contributed by atoms with Crippen molar-refractivity contribution in [3.05, 3.63) is 58.6 Å². The molecule has 0 saturated heterocycles. The highest BCUT2D eigenvalue weighted by Gasteiger charge is 2.30. The Hall–Kier alpha value is -2.33. The van der Waals surface area contributed by atoms with Crippen LogP contribution in [0, 0.1) is 0 Å². The van der Waals surface area contributed by atoms with Crippen LogP contribution in [0.3, 0.4) is 0 Å². The summed E-state index contributed by atoms with van der Waals surface area (Å²) in [6.07, 6.45) is 0.531. The van der Waals surface area contributed by atoms with Gasteiger partial charge >= 0.3 is 0 Å². The molecule has 1 amide bonds. The average Bonchev–Trinajstić information content (AvgIpc) is 3.08. The van der Waals surface area contributed by atoms with Crippen LogP contribution in [0.5, 0.6) is 0 Å². The lowest BCUT2D eigenvalue weighted by Gasteiger charge is -2.27. The Kier molecular flexibility index (Phi) is 4.92. The SMILES string of the molecule is CN(C)S(=O)(=O)N1CCc2nc(NC(=O)c3cccc4ccccc34)sc2C1. The van der Waals surface area contributed by atoms with Gasteiger partial charge in [0.1, 0.15) is 0 Å². The van der Waals surface area contributed by atoms with E-state index in [1.807, 2.05) is 36.4 Å². The molecule has 0 bridgehead atoms. The van der Waals surface area contributed by atoms with Crippen LogP contribution in [0.25, 0.3) is 10.8 Å². The second-order valence-electron chi connectivity index (χ2n) is 6.74. The summed E-state index contributed by atoms with van der Waals surface area (Å²) in [6, 6.07) is 13.3. The van der Waals surface area contributed by atoms with Crippen molar-refractivity contribution < 1.29 is 13.2 Å². The van der Waals surface area contributed by atoms with E-state index in [4.69, 9.17) is 0 Å². The predicted molar refractivity (Wildman–Crippen MR) is 111 cm³/mol. The predicted octanol–water partition coefficient (Wildman–Crippen LogP) is 2.71. The van der Waals surface area contributed by atoms with Crippen LogP contribution >= 0.6 is 11.3 Å². The molecule has 0 radical (unpaired) electrons. The maximum absolute atomic E-state index is 12.8. The first-order chi connectivity index (χ1) is 13.4. The van der Waals surface area contributed by atoms with E-state index in [1.54, 1.807) is 6.07 Å². The minimum Gasteiger partial charge on any atom is -0.298 e. The highest BCUT2D eigenvalue weighted by Crippen LogP contribution is 2.30. The molecule has 0 fully saturated rings. The van der Waals surface area contributed by atoms with Gasteiger partial charge in [0, 0.05) is 37.5 Å². The van der Waals surface area contributed by atoms with Crippen molar-refractivity contribution in [1.82, 2.24) is 13.6 Å². The Balaban J connectivity index is 1.56. The van der Waals surface area contributed by atoms with E-state index in [9.17, 15) is 13.2 Å². The van der Waals surface area contributed by atoms with Crippen LogP contribution < -0.4 is 5.32 Å². The summed E-state index contributed by atoms with van der Waals surface area (Å²) in [5.41, 5.74) is 1.44. The topological polar surface area (TPSA) is 82.6 Å². The molecule has 1 aliphatic rings. The number of hydrogen-bond donors (Lipinski definition) is 1. The van der Waals surface area contributed by atoms with E-state index in [-0.39, 0.29) is 12.5 Å². The molecule has 0 atom stereocenters. The summed E-state index contributed by atoms with van der Waals surface area (Å²) in [5, 5.41) is 5.25. The second-order valence-corrected chi connectivity index (χ2v) is 9.97. The van der Waals surface area contributed by atoms with Crippen LogP contribution in [-0.2, 0) is 23.2 Å². The maximum atomic E-state index is 12.8. The number of hydrogen-bond acceptors (Lipinski definition) is 5. The normalized spacial score (nSPS) is 15.0. The summed E-state index contributed by atoms with van der Waals surface area (Å²) < 4.78 is 27.4. The fourth-order valence-electron chi connectivity index (χ4n) is 3.24. The molecule has 0 unspecified atom stereocenters. The quantitative estimate of drug-likeness (QED) is 0.709. The van der Waals surface area contributed by atoms with Crippen LogP contribution in [0.2, 0.25) is 0 Å². The number of aromatic nitrogens is 1. The Labute approximate surface area is 167 Å². The van der Waals surface area contributed by atoms with Gasteiger partial charge < -0.3 is 0 Å². The highest BCUT2D eigenvalue weighted by atomic mass is 32.2. The molecule has 3 aromatic rings. The number of anilines is 1. The molecular weight excluding hydrogens is 396 g/mol. The van der Waals surface area contributed by atoms with Gasteiger partial charge in [-0.3, -0.25) is 10.1 Å². The lowest BCUT2D eigenvalue weighted by molar-refractivity contribution is 0.102. The Morgan fingerprint density at radius 3 is 2.71 bits per heavy atom. The van der Waals surface area contributed by atoms with E-state index < -0.39 is 10.2 Å². The monoisotopic (exact) mass is 416 g/mol. The smallest absolute Gasteiger partial charge is 0.281 e. The van der Waals surface area contributed by atoms with Crippen molar-refractivity contribution in [3.63, 3.8) is 0 Å². The van der Waals surface area contributed by atoms with Gasteiger partial charge in [0.15, 0.2) is 5.13 Å². The summed E-state index contributed by atoms with van der Waals surface area (Å²) in [5.74, 6) is -0.222. The Bertz CT molecular complexity index is 1150. The zero-order chi connectivity index (χ0) is 19.9. The van der Waals surface area contributed by atoms with Crippen LogP contribution in [0.4, 0.5) is 5.13 Å². The molecule has 0 spiro atoms. The average molecular weight is 417 g/mol. The first-order valence-corrected chi connectivity index (χ1v) is 11.0. The fourth-order valence-corrected chi connectivity index (χ4v) is 5.42. The molecule has 1 N–H and O–H groups in total. The Morgan fingerprint density at radius 1 is 1.18 bits per heavy atom. The molecule has 1 aromatic heterocycles. The highest BCUT2D eigenvalue weighted by molar-refractivity contribution is 7.86. The first-order valence-electron chi connectivity index (χ1n) is 8.81. The molecule has 28 heavy (non-hydrogen) atoms. The summed E-state index contributed by atoms with van der Waals surface area (Å²) in [6.45, 7) is 0.658. The molecule has 1 aliphatic heterocycles. The van der Waals surface area contributed by atoms with Gasteiger partial charge in [-0.05, 0) is 16.8 Å². The van der Waals surface area contributed by atoms with E-state index in [0.29, 0.717) is 23.7 Å². The van der Waals surface area contributed by atoms with E-state index in [2.05, 4.69) is 10.3 Å². The molecule has 146 valence electrons. The van der Waals surface area contributed by atoms with Gasteiger partial charge in [-0.15, -0.1) is 11.3 Å². The molecule has 2 heterocycles. The molecular formula is C19H20N4O3S2. The van der Waals surface area contributed by atoms with Crippen molar-refractivity contribution in [3.8, 4) is 0 Å². The number of benzene rings is 2. The number of amides is 1. The molecule has 7 nitrogen and oxygen atoms in total. The maximum Gasteiger partial charge on any atom is 0.281 e. The van der Waals surface area contributed by atoms with Crippen molar-refractivity contribution in [2.45, 2.75) is 13.0 Å². The van der Waals surface area contributed by atoms with Gasteiger partial charge in [0.2, 0.25) is 0 Å². The summed E-state index contributed by atoms with van der Waals surface area (Å²) in [7, 11) is -0.423. The molecule has 4 rings (SSSR count). The number of thiazole rings is 1. The first kappa shape index (κ1) is 19.0. The number of carbonyl (C=O) groups is 1. The number of nitrogens with zero attached hydrogens (tertiary/aromatic N) is 3. The van der Waals surface area contributed by atoms with E-state index >= 15 is 0 Å². The van der Waals surface area contributed by atoms with Crippen LogP contribution in [0.15, 0.2) is 42.5 Å². The molecule has 9 heteroatoms. The molecule has 0 aliphatic carbocycles. The second kappa shape index (κ2) is 7.25. The Morgan fingerprint density at radius 2 is 1.93 bits per heavy atom. The fraction of sp³-hybridized carbons (Fsp3) is 0.263. The summed E-state index contributed by atoms with van der Waals surface area (Å²) in [4.78, 5) is 18.2. The van der Waals surface area contributed by atoms with E-state index in [0.717, 1.165) is 21.3 Å². The standard InChI is InChI=1S/C19H20N4O3S2/c1-22(2)28(25,26)23-11-10-16-17(12-23)27-19(20-16)21-18(24)15-9-5-7-13-6-3-4-8-14(13)15/h3-9H,10-12H2,1-2H3,(H,20,21,24). The summed E-state index contributed by atoms with van der Waals surface area (Å²) >= 11 is 1.33. The number of fused-ring (bicyclic) bond motifs is 2. The van der Waals surface area contributed by atoms with Crippen LogP contribution in [0.1, 0.15) is 20.9 Å². The van der Waals surface area contributed by atoms with Crippen molar-refractivity contribution >= 4 is 43.4 Å². The molecule has 2 aromatic carbocycles. The zero-order valence-corrected chi connectivity index (χ0v) is 17.2. The van der Waals surface area contributed by atoms with Gasteiger partial charge in [0.25, 0.3) is 16.1 Å². The van der Waals surface area contributed by atoms with Gasteiger partial charge in [-0.1, -0.05) is 36.4 Å². The minimum atomic E-state index is -3.47. The number of carbonyl (C=O) groups excluding carboxylic acids is 1. The van der Waals surface area contributed by atoms with Crippen molar-refractivity contribution in [2.75, 3.05) is 26.0 Å². The largest absolute Gasteiger partial charge is 0.298 e. The molecule has 0 saturated carbocycles. The third kappa shape index (κ3) is 3.42. The third-order valence-corrected chi connectivity index (χ3v) is 7.62. The zero-order valence-electron chi connectivity index (χ0n) is 15.5. The van der Waals surface area contributed by atoms with Gasteiger partial charge in [-0.2, -0.15) is 17.0 Å². The van der Waals surface area contributed by atoms with Gasteiger partial charge in [-0.25, -0.2) is 4.98 Å². The van der Waals surface area contributed by atoms with Crippen molar-refractivity contribution in [1.29, 1.82) is 0 Å². The lowest BCUT2D eigenvalue weighted by atomic mass is 10.0. The van der Waals surface area contributed by atoms with Crippen LogP contribution in [-0.4, -0.2) is 48.6 Å². The minimum absolute atomic E-state index is 0.222. The third-order valence-electron chi connectivity index (χ3n) is 4.74. The number of rotatable bonds is 4. The van der Waals surface area contributed by atoms with Crippen molar-refractivity contribution in [2.24, 2.45) is 0 Å². The van der Waals surface area contributed by atoms with E-state index in [1.165, 1.54) is 34.0 Å². The number of nitrogens with one attached hydrogen (secondary N) is 1. The van der Waals surface area contributed by atoms with Gasteiger partial charge in [0.05, 0.1) is 12.2 Å². The lowest BCUT2D eigenvalue weighted by Crippen LogP contribution is -2.42.